The Kier molecular flexibility index (Phi) is 7.72. The quantitative estimate of drug-likeness (QED) is 0.265. The van der Waals surface area contributed by atoms with Crippen LogP contribution in [0.25, 0.3) is 0 Å². The molecule has 170 valence electrons. The summed E-state index contributed by atoms with van der Waals surface area (Å²) in [5.74, 6) is -0.334. The zero-order valence-corrected chi connectivity index (χ0v) is 20.5. The van der Waals surface area contributed by atoms with Gasteiger partial charge in [-0.05, 0) is 73.5 Å². The molecule has 0 radical (unpaired) electrons. The standard InChI is InChI=1S/C28H24N2O2S2/c1-19-9-7-11-21(17-19)29-27(31)23-13-3-5-15-25(23)33-34-26-16-6-4-14-24(26)28(32)30-22-12-8-10-20(2)18-22/h3-18H,1-2H3,(H,29,31)(H,30,32). The molecule has 0 saturated heterocycles. The SMILES string of the molecule is Cc1cccc(NC(=O)c2ccccc2SSc2ccccc2C(=O)Nc2cccc(C)c2)c1. The van der Waals surface area contributed by atoms with Crippen molar-refractivity contribution in [2.24, 2.45) is 0 Å². The van der Waals surface area contributed by atoms with Crippen LogP contribution in [0, 0.1) is 13.8 Å². The number of carbonyl (C=O) groups is 2. The van der Waals surface area contributed by atoms with Crippen molar-refractivity contribution in [1.82, 2.24) is 0 Å². The molecule has 0 aliphatic carbocycles. The van der Waals surface area contributed by atoms with Crippen LogP contribution in [0.5, 0.6) is 0 Å². The molecular formula is C28H24N2O2S2. The van der Waals surface area contributed by atoms with Gasteiger partial charge < -0.3 is 10.6 Å². The summed E-state index contributed by atoms with van der Waals surface area (Å²) in [5, 5.41) is 5.95. The molecule has 34 heavy (non-hydrogen) atoms. The molecule has 0 saturated carbocycles. The smallest absolute Gasteiger partial charge is 0.256 e. The van der Waals surface area contributed by atoms with Gasteiger partial charge in [0.1, 0.15) is 0 Å². The topological polar surface area (TPSA) is 58.2 Å². The van der Waals surface area contributed by atoms with Gasteiger partial charge in [0.25, 0.3) is 11.8 Å². The maximum atomic E-state index is 13.0. The maximum Gasteiger partial charge on any atom is 0.256 e. The van der Waals surface area contributed by atoms with E-state index in [0.717, 1.165) is 32.3 Å². The van der Waals surface area contributed by atoms with Crippen molar-refractivity contribution in [3.8, 4) is 0 Å². The highest BCUT2D eigenvalue weighted by molar-refractivity contribution is 8.76. The van der Waals surface area contributed by atoms with Crippen LogP contribution < -0.4 is 10.6 Å². The Morgan fingerprint density at radius 1 is 0.559 bits per heavy atom. The fraction of sp³-hybridized carbons (Fsp3) is 0.0714. The van der Waals surface area contributed by atoms with Crippen LogP contribution in [0.15, 0.2) is 107 Å². The van der Waals surface area contributed by atoms with Crippen LogP contribution in [0.2, 0.25) is 0 Å². The minimum atomic E-state index is -0.167. The van der Waals surface area contributed by atoms with Crippen molar-refractivity contribution in [2.45, 2.75) is 23.6 Å². The average Bonchev–Trinajstić information content (AvgIpc) is 2.83. The molecule has 0 aromatic heterocycles. The van der Waals surface area contributed by atoms with E-state index in [1.165, 1.54) is 21.6 Å². The third kappa shape index (κ3) is 6.10. The van der Waals surface area contributed by atoms with Crippen LogP contribution in [-0.2, 0) is 0 Å². The first-order chi connectivity index (χ1) is 16.5. The van der Waals surface area contributed by atoms with Gasteiger partial charge in [-0.15, -0.1) is 0 Å². The first-order valence-corrected chi connectivity index (χ1v) is 12.9. The van der Waals surface area contributed by atoms with Crippen LogP contribution in [0.3, 0.4) is 0 Å². The Hall–Kier alpha value is -3.48. The highest BCUT2D eigenvalue weighted by atomic mass is 33.1. The number of amides is 2. The molecule has 0 aliphatic rings. The number of hydrogen-bond donors (Lipinski definition) is 2. The lowest BCUT2D eigenvalue weighted by Crippen LogP contribution is -2.13. The van der Waals surface area contributed by atoms with Crippen LogP contribution >= 0.6 is 21.6 Å². The van der Waals surface area contributed by atoms with E-state index in [-0.39, 0.29) is 11.8 Å². The van der Waals surface area contributed by atoms with Crippen molar-refractivity contribution in [3.63, 3.8) is 0 Å². The summed E-state index contributed by atoms with van der Waals surface area (Å²) in [4.78, 5) is 27.6. The van der Waals surface area contributed by atoms with Crippen molar-refractivity contribution in [3.05, 3.63) is 119 Å². The maximum absolute atomic E-state index is 13.0. The highest BCUT2D eigenvalue weighted by Crippen LogP contribution is 2.40. The molecule has 0 fully saturated rings. The van der Waals surface area contributed by atoms with Crippen molar-refractivity contribution in [1.29, 1.82) is 0 Å². The number of aryl methyl sites for hydroxylation is 2. The summed E-state index contributed by atoms with van der Waals surface area (Å²) in [6.07, 6.45) is 0. The van der Waals surface area contributed by atoms with E-state index >= 15 is 0 Å². The average molecular weight is 485 g/mol. The first-order valence-electron chi connectivity index (χ1n) is 10.8. The van der Waals surface area contributed by atoms with Gasteiger partial charge in [-0.2, -0.15) is 0 Å². The van der Waals surface area contributed by atoms with Gasteiger partial charge in [-0.1, -0.05) is 70.1 Å². The molecule has 2 N–H and O–H groups in total. The minimum Gasteiger partial charge on any atom is -0.322 e. The molecular weight excluding hydrogens is 460 g/mol. The van der Waals surface area contributed by atoms with Gasteiger partial charge in [-0.3, -0.25) is 9.59 Å². The summed E-state index contributed by atoms with van der Waals surface area (Å²) >= 11 is 0. The fourth-order valence-electron chi connectivity index (χ4n) is 3.39. The predicted molar refractivity (Wildman–Crippen MR) is 143 cm³/mol. The third-order valence-electron chi connectivity index (χ3n) is 5.04. The Morgan fingerprint density at radius 2 is 0.971 bits per heavy atom. The third-order valence-corrected chi connectivity index (χ3v) is 7.52. The summed E-state index contributed by atoms with van der Waals surface area (Å²) in [7, 11) is 2.92. The van der Waals surface area contributed by atoms with E-state index in [1.54, 1.807) is 0 Å². The minimum absolute atomic E-state index is 0.167. The fourth-order valence-corrected chi connectivity index (χ4v) is 5.75. The number of anilines is 2. The molecule has 4 aromatic carbocycles. The Labute approximate surface area is 207 Å². The van der Waals surface area contributed by atoms with Gasteiger partial charge in [0, 0.05) is 21.2 Å². The molecule has 0 aliphatic heterocycles. The van der Waals surface area contributed by atoms with E-state index in [9.17, 15) is 9.59 Å². The number of rotatable bonds is 7. The lowest BCUT2D eigenvalue weighted by Gasteiger charge is -2.12. The summed E-state index contributed by atoms with van der Waals surface area (Å²) < 4.78 is 0. The van der Waals surface area contributed by atoms with Crippen LogP contribution in [-0.4, -0.2) is 11.8 Å². The van der Waals surface area contributed by atoms with E-state index in [1.807, 2.05) is 111 Å². The number of benzene rings is 4. The lowest BCUT2D eigenvalue weighted by atomic mass is 10.2. The highest BCUT2D eigenvalue weighted by Gasteiger charge is 2.16. The zero-order valence-electron chi connectivity index (χ0n) is 18.9. The van der Waals surface area contributed by atoms with E-state index in [2.05, 4.69) is 10.6 Å². The normalized spacial score (nSPS) is 10.5. The number of nitrogens with one attached hydrogen (secondary N) is 2. The summed E-state index contributed by atoms with van der Waals surface area (Å²) in [5.41, 5.74) is 4.85. The van der Waals surface area contributed by atoms with Gasteiger partial charge in [0.2, 0.25) is 0 Å². The molecule has 6 heteroatoms. The predicted octanol–water partition coefficient (Wildman–Crippen LogP) is 7.61. The van der Waals surface area contributed by atoms with Crippen LogP contribution in [0.4, 0.5) is 11.4 Å². The molecule has 4 aromatic rings. The largest absolute Gasteiger partial charge is 0.322 e. The molecule has 2 amide bonds. The molecule has 0 bridgehead atoms. The van der Waals surface area contributed by atoms with Gasteiger partial charge >= 0.3 is 0 Å². The zero-order chi connectivity index (χ0) is 23.9. The van der Waals surface area contributed by atoms with Gasteiger partial charge in [-0.25, -0.2) is 0 Å². The van der Waals surface area contributed by atoms with E-state index in [0.29, 0.717) is 11.1 Å². The van der Waals surface area contributed by atoms with Gasteiger partial charge in [0.05, 0.1) is 11.1 Å². The Bertz CT molecular complexity index is 1230. The molecule has 0 unspecified atom stereocenters. The van der Waals surface area contributed by atoms with Crippen LogP contribution in [0.1, 0.15) is 31.8 Å². The second-order valence-electron chi connectivity index (χ2n) is 7.81. The second-order valence-corrected chi connectivity index (χ2v) is 10.0. The summed E-state index contributed by atoms with van der Waals surface area (Å²) in [6.45, 7) is 3.98. The molecule has 0 spiro atoms. The molecule has 4 rings (SSSR count). The van der Waals surface area contributed by atoms with Gasteiger partial charge in [0.15, 0.2) is 0 Å². The van der Waals surface area contributed by atoms with E-state index < -0.39 is 0 Å². The monoisotopic (exact) mass is 484 g/mol. The van der Waals surface area contributed by atoms with Crippen molar-refractivity contribution < 1.29 is 9.59 Å². The lowest BCUT2D eigenvalue weighted by molar-refractivity contribution is 0.101. The molecule has 0 heterocycles. The Balaban J connectivity index is 1.49. The molecule has 0 atom stereocenters. The summed E-state index contributed by atoms with van der Waals surface area (Å²) in [6, 6.07) is 30.4. The van der Waals surface area contributed by atoms with Crippen molar-refractivity contribution >= 4 is 44.8 Å². The molecule has 4 nitrogen and oxygen atoms in total. The Morgan fingerprint density at radius 3 is 1.38 bits per heavy atom. The second kappa shape index (κ2) is 11.1. The number of carbonyl (C=O) groups excluding carboxylic acids is 2. The van der Waals surface area contributed by atoms with Crippen molar-refractivity contribution in [2.75, 3.05) is 10.6 Å². The van der Waals surface area contributed by atoms with E-state index in [4.69, 9.17) is 0 Å². The first kappa shape index (κ1) is 23.7. The number of hydrogen-bond acceptors (Lipinski definition) is 4.